The zero-order valence-corrected chi connectivity index (χ0v) is 12.2. The summed E-state index contributed by atoms with van der Waals surface area (Å²) in [5.74, 6) is 1.68. The Kier molecular flexibility index (Phi) is 4.67. The van der Waals surface area contributed by atoms with Crippen LogP contribution in [0.5, 0.6) is 0 Å². The van der Waals surface area contributed by atoms with Crippen molar-refractivity contribution in [2.45, 2.75) is 12.5 Å². The monoisotopic (exact) mass is 324 g/mol. The lowest BCUT2D eigenvalue weighted by Gasteiger charge is -2.31. The second-order valence-corrected chi connectivity index (χ2v) is 6.18. The molecule has 1 atom stereocenters. The van der Waals surface area contributed by atoms with Gasteiger partial charge in [0, 0.05) is 22.5 Å². The molecule has 0 spiro atoms. The summed E-state index contributed by atoms with van der Waals surface area (Å²) in [5, 5.41) is 9.06. The molecule has 1 amide bonds. The quantitative estimate of drug-likeness (QED) is 0.839. The Morgan fingerprint density at radius 3 is 3.17 bits per heavy atom. The van der Waals surface area contributed by atoms with E-state index >= 15 is 0 Å². The summed E-state index contributed by atoms with van der Waals surface area (Å²) in [4.78, 5) is 13.9. The molecule has 5 heteroatoms. The number of carbonyl (C=O) groups is 1. The highest BCUT2D eigenvalue weighted by Crippen LogP contribution is 2.18. The van der Waals surface area contributed by atoms with E-state index < -0.39 is 0 Å². The molecule has 1 fully saturated rings. The average molecular weight is 325 g/mol. The van der Waals surface area contributed by atoms with E-state index in [1.807, 2.05) is 24.3 Å². The highest BCUT2D eigenvalue weighted by atomic mass is 79.9. The Morgan fingerprint density at radius 1 is 1.61 bits per heavy atom. The smallest absolute Gasteiger partial charge is 0.228 e. The molecule has 1 aliphatic heterocycles. The highest BCUT2D eigenvalue weighted by Gasteiger charge is 2.26. The molecule has 0 saturated carbocycles. The number of nitriles is 1. The second kappa shape index (κ2) is 6.26. The summed E-state index contributed by atoms with van der Waals surface area (Å²) in [5.41, 5.74) is 0.976. The van der Waals surface area contributed by atoms with Gasteiger partial charge in [0.05, 0.1) is 12.5 Å². The highest BCUT2D eigenvalue weighted by molar-refractivity contribution is 9.10. The number of benzene rings is 1. The van der Waals surface area contributed by atoms with Crippen molar-refractivity contribution in [2.75, 3.05) is 18.1 Å². The third-order valence-corrected chi connectivity index (χ3v) is 4.36. The van der Waals surface area contributed by atoms with Crippen LogP contribution in [-0.4, -0.2) is 34.9 Å². The summed E-state index contributed by atoms with van der Waals surface area (Å²) in [6, 6.07) is 9.66. The topological polar surface area (TPSA) is 44.1 Å². The van der Waals surface area contributed by atoms with Crippen LogP contribution >= 0.6 is 27.7 Å². The van der Waals surface area contributed by atoms with E-state index in [-0.39, 0.29) is 11.9 Å². The van der Waals surface area contributed by atoms with Gasteiger partial charge in [-0.15, -0.1) is 0 Å². The molecule has 0 aromatic heterocycles. The number of nitrogens with zero attached hydrogens (tertiary/aromatic N) is 2. The molecule has 94 valence electrons. The summed E-state index contributed by atoms with van der Waals surface area (Å²) in [6.07, 6.45) is 0.363. The third kappa shape index (κ3) is 3.27. The first-order valence-corrected chi connectivity index (χ1v) is 7.67. The molecule has 2 rings (SSSR count). The number of hydrogen-bond donors (Lipinski definition) is 0. The van der Waals surface area contributed by atoms with E-state index in [1.54, 1.807) is 16.7 Å². The van der Waals surface area contributed by atoms with Gasteiger partial charge in [-0.25, -0.2) is 0 Å². The van der Waals surface area contributed by atoms with Crippen molar-refractivity contribution in [1.29, 1.82) is 5.26 Å². The summed E-state index contributed by atoms with van der Waals surface area (Å²) in [6.45, 7) is 0.676. The molecule has 0 bridgehead atoms. The lowest BCUT2D eigenvalue weighted by molar-refractivity contribution is -0.131. The molecular formula is C13H13BrN2OS. The molecule has 1 saturated heterocycles. The molecule has 18 heavy (non-hydrogen) atoms. The number of thioether (sulfide) groups is 1. The molecule has 3 nitrogen and oxygen atoms in total. The summed E-state index contributed by atoms with van der Waals surface area (Å²) in [7, 11) is 0. The summed E-state index contributed by atoms with van der Waals surface area (Å²) < 4.78 is 0.971. The first kappa shape index (κ1) is 13.4. The predicted molar refractivity (Wildman–Crippen MR) is 76.3 cm³/mol. The van der Waals surface area contributed by atoms with Crippen LogP contribution < -0.4 is 0 Å². The Hall–Kier alpha value is -0.990. The lowest BCUT2D eigenvalue weighted by Crippen LogP contribution is -2.46. The van der Waals surface area contributed by atoms with Crippen LogP contribution in [0.25, 0.3) is 0 Å². The van der Waals surface area contributed by atoms with Gasteiger partial charge >= 0.3 is 0 Å². The minimum Gasteiger partial charge on any atom is -0.325 e. The SMILES string of the molecule is N#CC1CSCCN1C(=O)Cc1cccc(Br)c1. The van der Waals surface area contributed by atoms with Crippen LogP contribution in [-0.2, 0) is 11.2 Å². The van der Waals surface area contributed by atoms with Crippen molar-refractivity contribution in [1.82, 2.24) is 4.90 Å². The number of amides is 1. The van der Waals surface area contributed by atoms with Crippen LogP contribution in [0, 0.1) is 11.3 Å². The van der Waals surface area contributed by atoms with Crippen LogP contribution in [0.2, 0.25) is 0 Å². The molecule has 1 aromatic carbocycles. The largest absolute Gasteiger partial charge is 0.325 e. The van der Waals surface area contributed by atoms with Crippen molar-refractivity contribution in [3.05, 3.63) is 34.3 Å². The van der Waals surface area contributed by atoms with E-state index in [1.165, 1.54) is 0 Å². The van der Waals surface area contributed by atoms with Crippen molar-refractivity contribution in [3.8, 4) is 6.07 Å². The van der Waals surface area contributed by atoms with Crippen molar-refractivity contribution < 1.29 is 4.79 Å². The van der Waals surface area contributed by atoms with E-state index in [9.17, 15) is 4.79 Å². The lowest BCUT2D eigenvalue weighted by atomic mass is 10.1. The van der Waals surface area contributed by atoms with Gasteiger partial charge in [-0.3, -0.25) is 4.79 Å². The van der Waals surface area contributed by atoms with Gasteiger partial charge in [0.15, 0.2) is 0 Å². The predicted octanol–water partition coefficient (Wildman–Crippen LogP) is 2.46. The maximum atomic E-state index is 12.2. The van der Waals surface area contributed by atoms with Gasteiger partial charge in [0.25, 0.3) is 0 Å². The molecule has 1 heterocycles. The van der Waals surface area contributed by atoms with E-state index in [4.69, 9.17) is 5.26 Å². The molecule has 0 radical (unpaired) electrons. The van der Waals surface area contributed by atoms with Crippen LogP contribution in [0.1, 0.15) is 5.56 Å². The maximum Gasteiger partial charge on any atom is 0.228 e. The van der Waals surface area contributed by atoms with E-state index in [0.717, 1.165) is 21.5 Å². The second-order valence-electron chi connectivity index (χ2n) is 4.11. The van der Waals surface area contributed by atoms with Crippen LogP contribution in [0.15, 0.2) is 28.7 Å². The number of carbonyl (C=O) groups excluding carboxylic acids is 1. The van der Waals surface area contributed by atoms with Gasteiger partial charge < -0.3 is 4.90 Å². The molecular weight excluding hydrogens is 312 g/mol. The molecule has 1 aromatic rings. The Balaban J connectivity index is 2.05. The molecule has 1 unspecified atom stereocenters. The molecule has 0 N–H and O–H groups in total. The average Bonchev–Trinajstić information content (AvgIpc) is 2.38. The minimum atomic E-state index is -0.275. The van der Waals surface area contributed by atoms with E-state index in [0.29, 0.717) is 13.0 Å². The van der Waals surface area contributed by atoms with Gasteiger partial charge in [-0.1, -0.05) is 28.1 Å². The Labute approximate surface area is 119 Å². The number of rotatable bonds is 2. The van der Waals surface area contributed by atoms with Gasteiger partial charge in [0.1, 0.15) is 6.04 Å². The van der Waals surface area contributed by atoms with E-state index in [2.05, 4.69) is 22.0 Å². The van der Waals surface area contributed by atoms with Crippen LogP contribution in [0.4, 0.5) is 0 Å². The third-order valence-electron chi connectivity index (χ3n) is 2.84. The number of hydrogen-bond acceptors (Lipinski definition) is 3. The summed E-state index contributed by atoms with van der Waals surface area (Å²) >= 11 is 5.13. The van der Waals surface area contributed by atoms with Gasteiger partial charge in [-0.2, -0.15) is 17.0 Å². The molecule has 0 aliphatic carbocycles. The number of halogens is 1. The minimum absolute atomic E-state index is 0.0416. The Bertz CT molecular complexity index is 486. The zero-order chi connectivity index (χ0) is 13.0. The Morgan fingerprint density at radius 2 is 2.44 bits per heavy atom. The first-order valence-electron chi connectivity index (χ1n) is 5.72. The van der Waals surface area contributed by atoms with Crippen molar-refractivity contribution in [3.63, 3.8) is 0 Å². The maximum absolute atomic E-state index is 12.2. The normalized spacial score (nSPS) is 19.3. The van der Waals surface area contributed by atoms with Crippen LogP contribution in [0.3, 0.4) is 0 Å². The molecule has 1 aliphatic rings. The standard InChI is InChI=1S/C13H13BrN2OS/c14-11-3-1-2-10(6-11)7-13(17)16-4-5-18-9-12(16)8-15/h1-3,6,12H,4-5,7,9H2. The fraction of sp³-hybridized carbons (Fsp3) is 0.385. The van der Waals surface area contributed by atoms with Gasteiger partial charge in [0.2, 0.25) is 5.91 Å². The fourth-order valence-electron chi connectivity index (χ4n) is 1.93. The zero-order valence-electron chi connectivity index (χ0n) is 9.80. The van der Waals surface area contributed by atoms with Crippen molar-refractivity contribution >= 4 is 33.6 Å². The first-order chi connectivity index (χ1) is 8.70. The van der Waals surface area contributed by atoms with Crippen molar-refractivity contribution in [2.24, 2.45) is 0 Å². The fourth-order valence-corrected chi connectivity index (χ4v) is 3.35. The van der Waals surface area contributed by atoms with Gasteiger partial charge in [-0.05, 0) is 17.7 Å².